The van der Waals surface area contributed by atoms with Gasteiger partial charge in [0.25, 0.3) is 0 Å². The number of hydrogen-bond donors (Lipinski definition) is 3. The Balaban J connectivity index is 1.43. The number of rotatable bonds is 6. The number of aliphatic hydroxyl groups is 1. The predicted octanol–water partition coefficient (Wildman–Crippen LogP) is 6.88. The van der Waals surface area contributed by atoms with Gasteiger partial charge in [0.1, 0.15) is 12.1 Å². The first-order valence-corrected chi connectivity index (χ1v) is 12.2. The number of hydrogen-bond acceptors (Lipinski definition) is 5. The third-order valence-electron chi connectivity index (χ3n) is 7.10. The minimum Gasteiger partial charge on any atom is -0.388 e. The van der Waals surface area contributed by atoms with Crippen molar-refractivity contribution in [2.75, 3.05) is 17.2 Å². The third kappa shape index (κ3) is 5.27. The molecule has 35 heavy (non-hydrogen) atoms. The average Bonchev–Trinajstić information content (AvgIpc) is 3.24. The van der Waals surface area contributed by atoms with E-state index < -0.39 is 17.8 Å². The van der Waals surface area contributed by atoms with Gasteiger partial charge in [-0.3, -0.25) is 0 Å². The van der Waals surface area contributed by atoms with Crippen molar-refractivity contribution in [3.8, 4) is 11.3 Å². The largest absolute Gasteiger partial charge is 0.416 e. The van der Waals surface area contributed by atoms with Gasteiger partial charge in [0.2, 0.25) is 0 Å². The van der Waals surface area contributed by atoms with Crippen LogP contribution in [-0.2, 0) is 12.6 Å². The van der Waals surface area contributed by atoms with Crippen LogP contribution in [0.15, 0.2) is 48.8 Å². The maximum atomic E-state index is 13.5. The van der Waals surface area contributed by atoms with E-state index in [-0.39, 0.29) is 0 Å². The van der Waals surface area contributed by atoms with Crippen molar-refractivity contribution in [3.63, 3.8) is 0 Å². The number of aromatic nitrogens is 2. The summed E-state index contributed by atoms with van der Waals surface area (Å²) < 4.78 is 40.4. The van der Waals surface area contributed by atoms with E-state index in [1.807, 2.05) is 18.2 Å². The lowest BCUT2D eigenvalue weighted by Crippen LogP contribution is -2.18. The van der Waals surface area contributed by atoms with Crippen LogP contribution in [0, 0.1) is 5.92 Å². The lowest BCUT2D eigenvalue weighted by atomic mass is 9.89. The molecule has 1 aromatic heterocycles. The molecule has 2 aliphatic carbocycles. The fourth-order valence-corrected chi connectivity index (χ4v) is 5.20. The van der Waals surface area contributed by atoms with Crippen LogP contribution in [0.4, 0.5) is 30.4 Å². The summed E-state index contributed by atoms with van der Waals surface area (Å²) in [6.07, 6.45) is 3.75. The highest BCUT2D eigenvalue weighted by Crippen LogP contribution is 2.38. The van der Waals surface area contributed by atoms with Crippen molar-refractivity contribution in [3.05, 3.63) is 65.5 Å². The molecule has 2 aromatic carbocycles. The van der Waals surface area contributed by atoms with E-state index >= 15 is 0 Å². The number of halogens is 3. The van der Waals surface area contributed by atoms with Gasteiger partial charge in [-0.1, -0.05) is 37.5 Å². The molecule has 3 aromatic rings. The molecule has 0 bridgehead atoms. The van der Waals surface area contributed by atoms with Gasteiger partial charge in [-0.25, -0.2) is 9.97 Å². The quantitative estimate of drug-likeness (QED) is 0.357. The molecule has 2 aliphatic rings. The van der Waals surface area contributed by atoms with Crippen molar-refractivity contribution in [1.29, 1.82) is 0 Å². The van der Waals surface area contributed by atoms with Gasteiger partial charge in [-0.05, 0) is 60.9 Å². The minimum absolute atomic E-state index is 0.429. The second kappa shape index (κ2) is 9.85. The zero-order valence-corrected chi connectivity index (χ0v) is 19.4. The number of aliphatic hydroxyl groups excluding tert-OH is 1. The van der Waals surface area contributed by atoms with Gasteiger partial charge in [-0.15, -0.1) is 0 Å². The van der Waals surface area contributed by atoms with Gasteiger partial charge in [-0.2, -0.15) is 13.2 Å². The number of nitrogens with zero attached hydrogens (tertiary/aromatic N) is 2. The summed E-state index contributed by atoms with van der Waals surface area (Å²) in [7, 11) is 0. The van der Waals surface area contributed by atoms with Crippen molar-refractivity contribution in [2.45, 2.75) is 57.2 Å². The first-order valence-electron chi connectivity index (χ1n) is 12.2. The fourth-order valence-electron chi connectivity index (χ4n) is 5.20. The molecular weight excluding hydrogens is 453 g/mol. The smallest absolute Gasteiger partial charge is 0.388 e. The maximum absolute atomic E-state index is 13.5. The van der Waals surface area contributed by atoms with Crippen LogP contribution in [0.1, 0.15) is 61.3 Å². The summed E-state index contributed by atoms with van der Waals surface area (Å²) in [6.45, 7) is 0.642. The first kappa shape index (κ1) is 23.6. The molecule has 1 saturated carbocycles. The summed E-state index contributed by atoms with van der Waals surface area (Å²) in [5.41, 5.74) is 3.73. The zero-order chi connectivity index (χ0) is 24.4. The summed E-state index contributed by atoms with van der Waals surface area (Å²) in [6, 6.07) is 11.3. The summed E-state index contributed by atoms with van der Waals surface area (Å²) in [5, 5.41) is 16.8. The molecule has 1 heterocycles. The number of alkyl halides is 3. The first-order chi connectivity index (χ1) is 16.9. The molecule has 0 spiro atoms. The Kier molecular flexibility index (Phi) is 6.65. The highest BCUT2D eigenvalue weighted by atomic mass is 19.4. The SMILES string of the molecule is OC1CCc2c(Nc3cc(-c4ccc(C(F)(F)F)cc4NCC4CCCCC4)ncn3)cccc21. The molecular formula is C27H29F3N4O. The van der Waals surface area contributed by atoms with Gasteiger partial charge >= 0.3 is 6.18 Å². The molecule has 0 radical (unpaired) electrons. The van der Waals surface area contributed by atoms with Crippen molar-refractivity contribution in [1.82, 2.24) is 9.97 Å². The Morgan fingerprint density at radius 2 is 1.77 bits per heavy atom. The monoisotopic (exact) mass is 482 g/mol. The van der Waals surface area contributed by atoms with Crippen molar-refractivity contribution in [2.24, 2.45) is 5.92 Å². The van der Waals surface area contributed by atoms with Crippen LogP contribution in [0.25, 0.3) is 11.3 Å². The number of nitrogens with one attached hydrogen (secondary N) is 2. The molecule has 0 saturated heterocycles. The fraction of sp³-hybridized carbons (Fsp3) is 0.407. The molecule has 8 heteroatoms. The van der Waals surface area contributed by atoms with E-state index in [1.54, 1.807) is 6.07 Å². The Morgan fingerprint density at radius 1 is 0.943 bits per heavy atom. The topological polar surface area (TPSA) is 70.1 Å². The van der Waals surface area contributed by atoms with E-state index in [9.17, 15) is 18.3 Å². The van der Waals surface area contributed by atoms with Gasteiger partial charge in [0, 0.05) is 29.5 Å². The second-order valence-corrected chi connectivity index (χ2v) is 9.48. The lowest BCUT2D eigenvalue weighted by Gasteiger charge is -2.23. The van der Waals surface area contributed by atoms with E-state index in [0.29, 0.717) is 41.6 Å². The van der Waals surface area contributed by atoms with E-state index in [2.05, 4.69) is 20.6 Å². The summed E-state index contributed by atoms with van der Waals surface area (Å²) in [4.78, 5) is 8.70. The van der Waals surface area contributed by atoms with E-state index in [4.69, 9.17) is 0 Å². The molecule has 0 amide bonds. The molecule has 0 aliphatic heterocycles. The highest BCUT2D eigenvalue weighted by molar-refractivity contribution is 5.78. The Hall–Kier alpha value is -3.13. The Morgan fingerprint density at radius 3 is 2.57 bits per heavy atom. The van der Waals surface area contributed by atoms with Gasteiger partial charge < -0.3 is 15.7 Å². The number of fused-ring (bicyclic) bond motifs is 1. The van der Waals surface area contributed by atoms with Gasteiger partial charge in [0.15, 0.2) is 0 Å². The van der Waals surface area contributed by atoms with E-state index in [1.165, 1.54) is 37.7 Å². The average molecular weight is 483 g/mol. The van der Waals surface area contributed by atoms with Crippen LogP contribution >= 0.6 is 0 Å². The second-order valence-electron chi connectivity index (χ2n) is 9.48. The standard InChI is InChI=1S/C27H29F3N4O/c28-27(29,30)18-9-10-21(23(13-18)31-15-17-5-2-1-3-6-17)24-14-26(33-16-32-24)34-22-8-4-7-20-19(22)11-12-25(20)35/h4,7-10,13-14,16-17,25,31,35H,1-3,5-6,11-12,15H2,(H,32,33,34). The zero-order valence-electron chi connectivity index (χ0n) is 19.4. The Bertz CT molecular complexity index is 1190. The third-order valence-corrected chi connectivity index (χ3v) is 7.10. The predicted molar refractivity (Wildman–Crippen MR) is 131 cm³/mol. The molecule has 184 valence electrons. The van der Waals surface area contributed by atoms with Crippen LogP contribution in [-0.4, -0.2) is 21.6 Å². The lowest BCUT2D eigenvalue weighted by molar-refractivity contribution is -0.137. The molecule has 3 N–H and O–H groups in total. The molecule has 1 atom stereocenters. The molecule has 5 rings (SSSR count). The normalized spacial score (nSPS) is 18.3. The van der Waals surface area contributed by atoms with Crippen molar-refractivity contribution >= 4 is 17.2 Å². The van der Waals surface area contributed by atoms with Crippen LogP contribution in [0.2, 0.25) is 0 Å². The van der Waals surface area contributed by atoms with Crippen LogP contribution in [0.5, 0.6) is 0 Å². The highest BCUT2D eigenvalue weighted by Gasteiger charge is 2.31. The summed E-state index contributed by atoms with van der Waals surface area (Å²) >= 11 is 0. The van der Waals surface area contributed by atoms with Crippen LogP contribution < -0.4 is 10.6 Å². The van der Waals surface area contributed by atoms with Crippen LogP contribution in [0.3, 0.4) is 0 Å². The van der Waals surface area contributed by atoms with Crippen molar-refractivity contribution < 1.29 is 18.3 Å². The number of benzene rings is 2. The maximum Gasteiger partial charge on any atom is 0.416 e. The Labute approximate surface area is 202 Å². The number of anilines is 3. The van der Waals surface area contributed by atoms with E-state index in [0.717, 1.165) is 42.1 Å². The molecule has 1 fully saturated rings. The minimum atomic E-state index is -4.42. The van der Waals surface area contributed by atoms with Gasteiger partial charge in [0.05, 0.1) is 17.4 Å². The molecule has 1 unspecified atom stereocenters. The summed E-state index contributed by atoms with van der Waals surface area (Å²) in [5.74, 6) is 1.01. The molecule has 5 nitrogen and oxygen atoms in total.